The van der Waals surface area contributed by atoms with E-state index in [0.717, 1.165) is 41.5 Å². The van der Waals surface area contributed by atoms with Gasteiger partial charge in [-0.25, -0.2) is 0 Å². The van der Waals surface area contributed by atoms with Gasteiger partial charge in [0.25, 0.3) is 0 Å². The monoisotopic (exact) mass is 310 g/mol. The van der Waals surface area contributed by atoms with Gasteiger partial charge in [-0.2, -0.15) is 5.26 Å². The van der Waals surface area contributed by atoms with Gasteiger partial charge >= 0.3 is 0 Å². The SMILES string of the molecule is Cc1nnc(S[C@H](C)C(=O)NC2(C#N)CCCCC2)s1. The molecule has 0 radical (unpaired) electrons. The zero-order valence-corrected chi connectivity index (χ0v) is 13.3. The molecule has 1 aliphatic carbocycles. The van der Waals surface area contributed by atoms with Gasteiger partial charge in [-0.05, 0) is 26.7 Å². The van der Waals surface area contributed by atoms with Gasteiger partial charge in [-0.1, -0.05) is 42.4 Å². The molecule has 108 valence electrons. The Balaban J connectivity index is 1.94. The summed E-state index contributed by atoms with van der Waals surface area (Å²) in [6.07, 6.45) is 4.67. The van der Waals surface area contributed by atoms with E-state index < -0.39 is 5.54 Å². The van der Waals surface area contributed by atoms with Gasteiger partial charge in [-0.3, -0.25) is 4.79 Å². The number of nitrogens with zero attached hydrogens (tertiary/aromatic N) is 3. The standard InChI is InChI=1S/C13H18N4OS2/c1-9(19-12-17-16-10(2)20-12)11(18)15-13(8-14)6-4-3-5-7-13/h9H,3-7H2,1-2H3,(H,15,18)/t9-/m1/s1. The molecule has 1 fully saturated rings. The largest absolute Gasteiger partial charge is 0.337 e. The Kier molecular flexibility index (Phi) is 5.00. The van der Waals surface area contributed by atoms with Crippen molar-refractivity contribution in [1.82, 2.24) is 15.5 Å². The van der Waals surface area contributed by atoms with Crippen molar-refractivity contribution in [2.45, 2.75) is 61.1 Å². The van der Waals surface area contributed by atoms with Crippen molar-refractivity contribution < 1.29 is 4.79 Å². The molecule has 0 saturated heterocycles. The first-order chi connectivity index (χ1) is 9.54. The van der Waals surface area contributed by atoms with Crippen LogP contribution in [0.2, 0.25) is 0 Å². The van der Waals surface area contributed by atoms with Crippen molar-refractivity contribution in [3.8, 4) is 6.07 Å². The number of hydrogen-bond donors (Lipinski definition) is 1. The highest BCUT2D eigenvalue weighted by Crippen LogP contribution is 2.30. The summed E-state index contributed by atoms with van der Waals surface area (Å²) in [5.74, 6) is -0.0914. The molecule has 1 heterocycles. The number of carbonyl (C=O) groups is 1. The van der Waals surface area contributed by atoms with E-state index in [0.29, 0.717) is 0 Å². The normalized spacial score (nSPS) is 19.1. The highest BCUT2D eigenvalue weighted by Gasteiger charge is 2.35. The maximum atomic E-state index is 12.3. The molecular formula is C13H18N4OS2. The summed E-state index contributed by atoms with van der Waals surface area (Å²) in [6.45, 7) is 3.73. The van der Waals surface area contributed by atoms with Crippen LogP contribution in [0.5, 0.6) is 0 Å². The van der Waals surface area contributed by atoms with E-state index in [1.54, 1.807) is 0 Å². The molecule has 0 unspecified atom stereocenters. The lowest BCUT2D eigenvalue weighted by molar-refractivity contribution is -0.121. The topological polar surface area (TPSA) is 78.7 Å². The summed E-state index contributed by atoms with van der Waals surface area (Å²) in [6, 6.07) is 2.30. The summed E-state index contributed by atoms with van der Waals surface area (Å²) < 4.78 is 0.791. The molecule has 0 bridgehead atoms. The molecule has 1 atom stereocenters. The summed E-state index contributed by atoms with van der Waals surface area (Å²) in [5, 5.41) is 20.9. The Labute approximate surface area is 127 Å². The van der Waals surface area contributed by atoms with Crippen LogP contribution in [0.4, 0.5) is 0 Å². The lowest BCUT2D eigenvalue weighted by Crippen LogP contribution is -2.50. The summed E-state index contributed by atoms with van der Waals surface area (Å²) >= 11 is 2.87. The van der Waals surface area contributed by atoms with Gasteiger partial charge in [0.05, 0.1) is 11.3 Å². The van der Waals surface area contributed by atoms with Crippen LogP contribution in [-0.4, -0.2) is 26.9 Å². The van der Waals surface area contributed by atoms with E-state index in [1.165, 1.54) is 23.1 Å². The highest BCUT2D eigenvalue weighted by molar-refractivity contribution is 8.02. The second-order valence-corrected chi connectivity index (χ2v) is 7.86. The highest BCUT2D eigenvalue weighted by atomic mass is 32.2. The smallest absolute Gasteiger partial charge is 0.234 e. The van der Waals surface area contributed by atoms with E-state index in [9.17, 15) is 10.1 Å². The van der Waals surface area contributed by atoms with E-state index in [-0.39, 0.29) is 11.2 Å². The Morgan fingerprint density at radius 2 is 2.15 bits per heavy atom. The average Bonchev–Trinajstić information content (AvgIpc) is 2.85. The second-order valence-electron chi connectivity index (χ2n) is 5.09. The first-order valence-electron chi connectivity index (χ1n) is 6.75. The van der Waals surface area contributed by atoms with Crippen molar-refractivity contribution in [3.05, 3.63) is 5.01 Å². The summed E-state index contributed by atoms with van der Waals surface area (Å²) in [7, 11) is 0. The van der Waals surface area contributed by atoms with Gasteiger partial charge in [0.2, 0.25) is 5.91 Å². The number of nitriles is 1. The number of rotatable bonds is 4. The second kappa shape index (κ2) is 6.55. The lowest BCUT2D eigenvalue weighted by Gasteiger charge is -2.32. The minimum atomic E-state index is -0.665. The Hall–Kier alpha value is -1.13. The average molecular weight is 310 g/mol. The van der Waals surface area contributed by atoms with Crippen LogP contribution in [-0.2, 0) is 4.79 Å². The van der Waals surface area contributed by atoms with Gasteiger partial charge in [0.15, 0.2) is 4.34 Å². The molecule has 2 rings (SSSR count). The predicted molar refractivity (Wildman–Crippen MR) is 79.5 cm³/mol. The van der Waals surface area contributed by atoms with Gasteiger partial charge < -0.3 is 5.32 Å². The third kappa shape index (κ3) is 3.70. The molecule has 1 N–H and O–H groups in total. The van der Waals surface area contributed by atoms with Crippen LogP contribution in [0.25, 0.3) is 0 Å². The summed E-state index contributed by atoms with van der Waals surface area (Å²) in [5.41, 5.74) is -0.665. The number of hydrogen-bond acceptors (Lipinski definition) is 6. The fourth-order valence-corrected chi connectivity index (χ4v) is 4.25. The fourth-order valence-electron chi connectivity index (χ4n) is 2.29. The first-order valence-corrected chi connectivity index (χ1v) is 8.44. The maximum absolute atomic E-state index is 12.3. The molecule has 0 spiro atoms. The number of nitrogens with one attached hydrogen (secondary N) is 1. The number of carbonyl (C=O) groups excluding carboxylic acids is 1. The predicted octanol–water partition coefficient (Wildman–Crippen LogP) is 2.67. The van der Waals surface area contributed by atoms with Crippen LogP contribution >= 0.6 is 23.1 Å². The van der Waals surface area contributed by atoms with Crippen molar-refractivity contribution in [1.29, 1.82) is 5.26 Å². The molecule has 5 nitrogen and oxygen atoms in total. The van der Waals surface area contributed by atoms with Crippen molar-refractivity contribution >= 4 is 29.0 Å². The van der Waals surface area contributed by atoms with Gasteiger partial charge in [0, 0.05) is 0 Å². The molecule has 0 aromatic carbocycles. The molecular weight excluding hydrogens is 292 g/mol. The Bertz CT molecular complexity index is 517. The van der Waals surface area contributed by atoms with E-state index in [4.69, 9.17) is 0 Å². The Morgan fingerprint density at radius 3 is 2.70 bits per heavy atom. The third-order valence-electron chi connectivity index (χ3n) is 3.44. The molecule has 7 heteroatoms. The number of aryl methyl sites for hydroxylation is 1. The lowest BCUT2D eigenvalue weighted by atomic mass is 9.83. The zero-order chi connectivity index (χ0) is 14.6. The molecule has 1 aromatic heterocycles. The summed E-state index contributed by atoms with van der Waals surface area (Å²) in [4.78, 5) is 12.3. The van der Waals surface area contributed by atoms with Crippen LogP contribution < -0.4 is 5.32 Å². The molecule has 1 saturated carbocycles. The quantitative estimate of drug-likeness (QED) is 0.865. The molecule has 1 amide bonds. The fraction of sp³-hybridized carbons (Fsp3) is 0.692. The minimum Gasteiger partial charge on any atom is -0.337 e. The number of aromatic nitrogens is 2. The van der Waals surface area contributed by atoms with E-state index >= 15 is 0 Å². The molecule has 1 aromatic rings. The maximum Gasteiger partial charge on any atom is 0.234 e. The van der Waals surface area contributed by atoms with Crippen molar-refractivity contribution in [2.75, 3.05) is 0 Å². The van der Waals surface area contributed by atoms with Crippen LogP contribution in [0.3, 0.4) is 0 Å². The van der Waals surface area contributed by atoms with Crippen molar-refractivity contribution in [2.24, 2.45) is 0 Å². The van der Waals surface area contributed by atoms with E-state index in [1.807, 2.05) is 13.8 Å². The van der Waals surface area contributed by atoms with Gasteiger partial charge in [0.1, 0.15) is 10.5 Å². The molecule has 1 aliphatic rings. The Morgan fingerprint density at radius 1 is 1.45 bits per heavy atom. The van der Waals surface area contributed by atoms with E-state index in [2.05, 4.69) is 21.6 Å². The number of thioether (sulfide) groups is 1. The minimum absolute atomic E-state index is 0.0914. The molecule has 0 aliphatic heterocycles. The first kappa shape index (κ1) is 15.3. The van der Waals surface area contributed by atoms with Crippen molar-refractivity contribution in [3.63, 3.8) is 0 Å². The molecule has 20 heavy (non-hydrogen) atoms. The zero-order valence-electron chi connectivity index (χ0n) is 11.7. The van der Waals surface area contributed by atoms with Crippen LogP contribution in [0, 0.1) is 18.3 Å². The van der Waals surface area contributed by atoms with Crippen LogP contribution in [0.1, 0.15) is 44.0 Å². The number of amides is 1. The third-order valence-corrected chi connectivity index (χ3v) is 5.46. The van der Waals surface area contributed by atoms with Gasteiger partial charge in [-0.15, -0.1) is 10.2 Å². The van der Waals surface area contributed by atoms with Crippen LogP contribution in [0.15, 0.2) is 4.34 Å².